The standard InChI is InChI=1S/C28H44N4O4S/c1-19-12-22-13-21-14-23(22)18-28(16-19,17-21)30-26(33)25(15-20-8-4-3-5-9-20)32-37(2,36)31-24(27(34)35)10-6-7-11-29/h3-5,8-9,19,21-25H,2,6-7,10-18,29H2,1H3,(H,30,33)(H,34,35)(H2,31,32,36)/t19-,21+,22+,23?,24+,25+,28?,37?/m1/s1. The van der Waals surface area contributed by atoms with E-state index in [2.05, 4.69) is 27.6 Å². The Kier molecular flexibility index (Phi) is 8.99. The number of aliphatic carboxylic acids is 1. The first-order valence-corrected chi connectivity index (χ1v) is 15.5. The molecule has 1 aromatic carbocycles. The normalized spacial score (nSPS) is 31.7. The monoisotopic (exact) mass is 532 g/mol. The summed E-state index contributed by atoms with van der Waals surface area (Å²) in [4.78, 5) is 25.7. The number of carboxylic acids is 1. The van der Waals surface area contributed by atoms with Crippen LogP contribution in [0.1, 0.15) is 70.3 Å². The number of nitrogens with one attached hydrogen (secondary N) is 3. The zero-order valence-electron chi connectivity index (χ0n) is 22.0. The van der Waals surface area contributed by atoms with Crippen molar-refractivity contribution in [3.8, 4) is 0 Å². The van der Waals surface area contributed by atoms with Gasteiger partial charge in [-0.1, -0.05) is 43.7 Å². The van der Waals surface area contributed by atoms with Crippen molar-refractivity contribution in [1.82, 2.24) is 14.8 Å². The first-order valence-electron chi connectivity index (χ1n) is 13.8. The molecule has 1 aromatic rings. The van der Waals surface area contributed by atoms with Gasteiger partial charge in [0.05, 0.1) is 9.89 Å². The van der Waals surface area contributed by atoms with Crippen LogP contribution < -0.4 is 20.5 Å². The maximum absolute atomic E-state index is 13.9. The number of nitrogens with two attached hydrogens (primary N) is 1. The van der Waals surface area contributed by atoms with Crippen molar-refractivity contribution in [2.45, 2.75) is 88.8 Å². The second kappa shape index (κ2) is 11.8. The van der Waals surface area contributed by atoms with Crippen LogP contribution in [0, 0.1) is 23.7 Å². The summed E-state index contributed by atoms with van der Waals surface area (Å²) >= 11 is 0. The summed E-state index contributed by atoms with van der Waals surface area (Å²) in [6, 6.07) is 7.74. The summed E-state index contributed by atoms with van der Waals surface area (Å²) in [5, 5.41) is 13.1. The van der Waals surface area contributed by atoms with Crippen LogP contribution >= 0.6 is 0 Å². The van der Waals surface area contributed by atoms with Crippen LogP contribution in [-0.2, 0) is 25.9 Å². The predicted octanol–water partition coefficient (Wildman–Crippen LogP) is 2.63. The first-order chi connectivity index (χ1) is 17.6. The number of carbonyl (C=O) groups is 2. The van der Waals surface area contributed by atoms with Crippen molar-refractivity contribution in [2.24, 2.45) is 29.4 Å². The van der Waals surface area contributed by atoms with Crippen LogP contribution in [0.5, 0.6) is 0 Å². The van der Waals surface area contributed by atoms with E-state index < -0.39 is 27.9 Å². The van der Waals surface area contributed by atoms with Crippen LogP contribution in [0.2, 0.25) is 0 Å². The lowest BCUT2D eigenvalue weighted by Gasteiger charge is -2.43. The molecule has 0 aliphatic heterocycles. The SMILES string of the molecule is C=S(=O)(N[C@@H](CCCCN)C(=O)O)N[C@@H](Cc1ccccc1)C(=O)NC12CC3C[C@H](C[C@@H]3C[C@@H](C)C1)C2. The zero-order chi connectivity index (χ0) is 26.6. The van der Waals surface area contributed by atoms with Gasteiger partial charge in [-0.2, -0.15) is 0 Å². The lowest BCUT2D eigenvalue weighted by molar-refractivity contribution is -0.139. The van der Waals surface area contributed by atoms with Crippen LogP contribution in [0.15, 0.2) is 30.3 Å². The molecular weight excluding hydrogens is 488 g/mol. The Hall–Kier alpha value is -1.94. The van der Waals surface area contributed by atoms with Crippen molar-refractivity contribution in [2.75, 3.05) is 6.54 Å². The van der Waals surface area contributed by atoms with Crippen molar-refractivity contribution in [3.63, 3.8) is 0 Å². The maximum Gasteiger partial charge on any atom is 0.321 e. The van der Waals surface area contributed by atoms with Gasteiger partial charge in [-0.3, -0.25) is 9.59 Å². The number of carbonyl (C=O) groups excluding carboxylic acids is 1. The average Bonchev–Trinajstić information content (AvgIpc) is 3.06. The van der Waals surface area contributed by atoms with Gasteiger partial charge in [0, 0.05) is 5.54 Å². The summed E-state index contributed by atoms with van der Waals surface area (Å²) in [7, 11) is -3.28. The molecule has 9 heteroatoms. The van der Waals surface area contributed by atoms with Crippen LogP contribution in [0.3, 0.4) is 0 Å². The quantitative estimate of drug-likeness (QED) is 0.197. The molecule has 8 atom stereocenters. The Morgan fingerprint density at radius 2 is 1.78 bits per heavy atom. The van der Waals surface area contributed by atoms with Crippen LogP contribution in [-0.4, -0.2) is 51.2 Å². The zero-order valence-corrected chi connectivity index (χ0v) is 22.8. The molecule has 206 valence electrons. The number of fused-ring (bicyclic) bond motifs is 2. The van der Waals surface area contributed by atoms with Crippen molar-refractivity contribution in [1.29, 1.82) is 0 Å². The Morgan fingerprint density at radius 1 is 1.08 bits per heavy atom. The van der Waals surface area contributed by atoms with Gasteiger partial charge in [-0.15, -0.1) is 0 Å². The largest absolute Gasteiger partial charge is 0.480 e. The van der Waals surface area contributed by atoms with Gasteiger partial charge in [-0.05, 0) is 99.4 Å². The van der Waals surface area contributed by atoms with E-state index in [0.29, 0.717) is 43.6 Å². The molecular formula is C28H44N4O4S. The third-order valence-electron chi connectivity index (χ3n) is 8.61. The molecule has 3 bridgehead atoms. The lowest BCUT2D eigenvalue weighted by atomic mass is 9.72. The Labute approximate surface area is 221 Å². The van der Waals surface area contributed by atoms with Gasteiger partial charge in [0.2, 0.25) is 5.91 Å². The molecule has 8 nitrogen and oxygen atoms in total. The van der Waals surface area contributed by atoms with E-state index in [-0.39, 0.29) is 17.9 Å². The minimum absolute atomic E-state index is 0.191. The highest BCUT2D eigenvalue weighted by Gasteiger charge is 2.52. The van der Waals surface area contributed by atoms with Gasteiger partial charge >= 0.3 is 5.97 Å². The van der Waals surface area contributed by atoms with Gasteiger partial charge in [0.1, 0.15) is 12.1 Å². The van der Waals surface area contributed by atoms with Gasteiger partial charge in [-0.25, -0.2) is 13.7 Å². The molecule has 1 amide bonds. The maximum atomic E-state index is 13.9. The summed E-state index contributed by atoms with van der Waals surface area (Å²) in [5.74, 6) is 5.15. The van der Waals surface area contributed by atoms with Gasteiger partial charge in [0.25, 0.3) is 0 Å². The molecule has 0 radical (unpaired) electrons. The highest BCUT2D eigenvalue weighted by atomic mass is 32.2. The predicted molar refractivity (Wildman–Crippen MR) is 148 cm³/mol. The number of hydrogen-bond donors (Lipinski definition) is 5. The third-order valence-corrected chi connectivity index (χ3v) is 9.94. The molecule has 3 fully saturated rings. The van der Waals surface area contributed by atoms with E-state index in [1.54, 1.807) is 0 Å². The molecule has 6 N–H and O–H groups in total. The molecule has 3 aliphatic rings. The average molecular weight is 533 g/mol. The number of benzene rings is 1. The second-order valence-electron chi connectivity index (χ2n) is 11.9. The fraction of sp³-hybridized carbons (Fsp3) is 0.679. The van der Waals surface area contributed by atoms with Crippen LogP contribution in [0.25, 0.3) is 0 Å². The number of rotatable bonds is 13. The molecule has 0 heterocycles. The highest BCUT2D eigenvalue weighted by molar-refractivity contribution is 7.96. The molecule has 0 spiro atoms. The topological polar surface area (TPSA) is 134 Å². The van der Waals surface area contributed by atoms with E-state index in [1.807, 2.05) is 30.3 Å². The van der Waals surface area contributed by atoms with E-state index in [0.717, 1.165) is 30.7 Å². The van der Waals surface area contributed by atoms with E-state index in [1.165, 1.54) is 19.3 Å². The first kappa shape index (κ1) is 28.1. The smallest absolute Gasteiger partial charge is 0.321 e. The minimum Gasteiger partial charge on any atom is -0.480 e. The summed E-state index contributed by atoms with van der Waals surface area (Å²) in [6.45, 7) is 2.76. The molecule has 37 heavy (non-hydrogen) atoms. The molecule has 3 saturated carbocycles. The molecule has 0 aromatic heterocycles. The summed E-state index contributed by atoms with van der Waals surface area (Å²) < 4.78 is 19.1. The molecule has 3 unspecified atom stereocenters. The molecule has 4 rings (SSSR count). The van der Waals surface area contributed by atoms with E-state index in [4.69, 9.17) is 5.73 Å². The number of hydrogen-bond acceptors (Lipinski definition) is 4. The molecule has 0 saturated heterocycles. The van der Waals surface area contributed by atoms with E-state index >= 15 is 0 Å². The van der Waals surface area contributed by atoms with Crippen molar-refractivity contribution in [3.05, 3.63) is 35.9 Å². The third kappa shape index (κ3) is 7.34. The van der Waals surface area contributed by atoms with Crippen molar-refractivity contribution < 1.29 is 18.9 Å². The fourth-order valence-corrected chi connectivity index (χ4v) is 8.77. The van der Waals surface area contributed by atoms with E-state index in [9.17, 15) is 18.9 Å². The highest BCUT2D eigenvalue weighted by Crippen LogP contribution is 2.56. The summed E-state index contributed by atoms with van der Waals surface area (Å²) in [5.41, 5.74) is 6.24. The number of unbranched alkanes of at least 4 members (excludes halogenated alkanes) is 1. The Balaban J connectivity index is 1.51. The summed E-state index contributed by atoms with van der Waals surface area (Å²) in [6.07, 6.45) is 8.66. The lowest BCUT2D eigenvalue weighted by Crippen LogP contribution is -2.60. The number of carboxylic acid groups (broad SMARTS) is 1. The Bertz CT molecular complexity index is 1050. The molecule has 3 aliphatic carbocycles. The van der Waals surface area contributed by atoms with Gasteiger partial charge < -0.3 is 16.2 Å². The fourth-order valence-electron chi connectivity index (χ4n) is 7.37. The Morgan fingerprint density at radius 3 is 2.49 bits per heavy atom. The second-order valence-corrected chi connectivity index (χ2v) is 13.7. The van der Waals surface area contributed by atoms with Gasteiger partial charge in [0.15, 0.2) is 0 Å². The minimum atomic E-state index is -3.28. The van der Waals surface area contributed by atoms with Crippen LogP contribution in [0.4, 0.5) is 0 Å². The number of amides is 1. The van der Waals surface area contributed by atoms with Crippen molar-refractivity contribution >= 4 is 27.6 Å².